The van der Waals surface area contributed by atoms with E-state index in [1.165, 1.54) is 51.9 Å². The SMILES string of the molecule is CC(C)c1ccccc1N1C(=O)CSC1=NC(=O)NCc1cccc(-c2ncn(-c3ccc(OC(F)(F)F)cc3)n2)c1. The highest BCUT2D eigenvalue weighted by molar-refractivity contribution is 8.15. The number of nitrogens with one attached hydrogen (secondary N) is 1. The van der Waals surface area contributed by atoms with Crippen LogP contribution >= 0.6 is 11.8 Å². The zero-order valence-corrected chi connectivity index (χ0v) is 23.3. The summed E-state index contributed by atoms with van der Waals surface area (Å²) in [6, 6.07) is 19.5. The molecule has 0 bridgehead atoms. The van der Waals surface area contributed by atoms with Crippen LogP contribution in [0.15, 0.2) is 84.1 Å². The maximum Gasteiger partial charge on any atom is 0.573 e. The Morgan fingerprint density at radius 3 is 2.60 bits per heavy atom. The van der Waals surface area contributed by atoms with Gasteiger partial charge in [0.1, 0.15) is 12.1 Å². The van der Waals surface area contributed by atoms with E-state index in [4.69, 9.17) is 0 Å². The third-order valence-corrected chi connectivity index (χ3v) is 7.14. The summed E-state index contributed by atoms with van der Waals surface area (Å²) in [5.41, 5.74) is 3.65. The molecule has 1 fully saturated rings. The molecule has 2 heterocycles. The van der Waals surface area contributed by atoms with Gasteiger partial charge >= 0.3 is 12.4 Å². The Morgan fingerprint density at radius 2 is 1.86 bits per heavy atom. The van der Waals surface area contributed by atoms with Crippen LogP contribution in [0.25, 0.3) is 17.1 Å². The van der Waals surface area contributed by atoms with Crippen molar-refractivity contribution < 1.29 is 27.5 Å². The molecule has 0 spiro atoms. The number of benzene rings is 3. The van der Waals surface area contributed by atoms with Gasteiger partial charge in [-0.2, -0.15) is 4.99 Å². The fourth-order valence-corrected chi connectivity index (χ4v) is 5.16. The highest BCUT2D eigenvalue weighted by Crippen LogP contribution is 2.33. The number of hydrogen-bond donors (Lipinski definition) is 1. The van der Waals surface area contributed by atoms with Crippen molar-refractivity contribution in [2.75, 3.05) is 10.7 Å². The van der Waals surface area contributed by atoms with Crippen LogP contribution in [0.1, 0.15) is 30.9 Å². The number of urea groups is 1. The Bertz CT molecular complexity index is 1640. The van der Waals surface area contributed by atoms with E-state index in [1.54, 1.807) is 12.1 Å². The lowest BCUT2D eigenvalue weighted by Crippen LogP contribution is -2.32. The van der Waals surface area contributed by atoms with Crippen molar-refractivity contribution in [3.8, 4) is 22.8 Å². The molecule has 216 valence electrons. The summed E-state index contributed by atoms with van der Waals surface area (Å²) in [4.78, 5) is 35.4. The van der Waals surface area contributed by atoms with Crippen LogP contribution in [0.3, 0.4) is 0 Å². The lowest BCUT2D eigenvalue weighted by molar-refractivity contribution is -0.274. The lowest BCUT2D eigenvalue weighted by Gasteiger charge is -2.21. The quantitative estimate of drug-likeness (QED) is 0.269. The molecule has 9 nitrogen and oxygen atoms in total. The van der Waals surface area contributed by atoms with Crippen molar-refractivity contribution in [2.24, 2.45) is 4.99 Å². The molecule has 4 aromatic rings. The minimum absolute atomic E-state index is 0.134. The first-order chi connectivity index (χ1) is 20.1. The van der Waals surface area contributed by atoms with Gasteiger partial charge in [0, 0.05) is 12.1 Å². The Kier molecular flexibility index (Phi) is 8.29. The van der Waals surface area contributed by atoms with Crippen molar-refractivity contribution >= 4 is 34.6 Å². The van der Waals surface area contributed by atoms with Crippen LogP contribution in [-0.4, -0.2) is 44.0 Å². The summed E-state index contributed by atoms with van der Waals surface area (Å²) in [6.45, 7) is 4.25. The number of hydrogen-bond acceptors (Lipinski definition) is 6. The third-order valence-electron chi connectivity index (χ3n) is 6.22. The number of amides is 3. The van der Waals surface area contributed by atoms with Gasteiger partial charge in [0.15, 0.2) is 11.0 Å². The van der Waals surface area contributed by atoms with Gasteiger partial charge in [-0.1, -0.05) is 62.0 Å². The summed E-state index contributed by atoms with van der Waals surface area (Å²) < 4.78 is 42.6. The van der Waals surface area contributed by atoms with Gasteiger partial charge in [-0.05, 0) is 53.4 Å². The van der Waals surface area contributed by atoms with Crippen molar-refractivity contribution in [3.05, 3.63) is 90.3 Å². The van der Waals surface area contributed by atoms with Gasteiger partial charge in [-0.15, -0.1) is 18.3 Å². The summed E-state index contributed by atoms with van der Waals surface area (Å²) >= 11 is 1.22. The first kappa shape index (κ1) is 28.9. The number of thioether (sulfide) groups is 1. The number of ether oxygens (including phenoxy) is 1. The summed E-state index contributed by atoms with van der Waals surface area (Å²) in [5, 5.41) is 7.51. The number of carbonyl (C=O) groups is 2. The van der Waals surface area contributed by atoms with Gasteiger partial charge in [-0.3, -0.25) is 9.69 Å². The average molecular weight is 595 g/mol. The van der Waals surface area contributed by atoms with Gasteiger partial charge in [0.2, 0.25) is 5.91 Å². The van der Waals surface area contributed by atoms with E-state index in [9.17, 15) is 22.8 Å². The molecule has 0 unspecified atom stereocenters. The van der Waals surface area contributed by atoms with Crippen molar-refractivity contribution in [2.45, 2.75) is 32.7 Å². The number of carbonyl (C=O) groups excluding carboxylic acids is 2. The number of alkyl halides is 3. The Labute approximate surface area is 243 Å². The Hall–Kier alpha value is -4.65. The molecule has 5 rings (SSSR count). The van der Waals surface area contributed by atoms with Crippen LogP contribution in [0.5, 0.6) is 5.75 Å². The van der Waals surface area contributed by atoms with Crippen LogP contribution < -0.4 is 15.0 Å². The normalized spacial score (nSPS) is 14.6. The van der Waals surface area contributed by atoms with Gasteiger partial charge in [0.05, 0.1) is 17.1 Å². The number of amidine groups is 1. The minimum Gasteiger partial charge on any atom is -0.406 e. The van der Waals surface area contributed by atoms with Crippen LogP contribution in [0.4, 0.5) is 23.7 Å². The fourth-order valence-electron chi connectivity index (χ4n) is 4.31. The van der Waals surface area contributed by atoms with E-state index in [0.29, 0.717) is 22.2 Å². The zero-order valence-electron chi connectivity index (χ0n) is 22.5. The van der Waals surface area contributed by atoms with Gasteiger partial charge < -0.3 is 10.1 Å². The second-order valence-corrected chi connectivity index (χ2v) is 10.5. The van der Waals surface area contributed by atoms with Crippen LogP contribution in [0.2, 0.25) is 0 Å². The average Bonchev–Trinajstić information content (AvgIpc) is 3.59. The van der Waals surface area contributed by atoms with Gasteiger partial charge in [0.25, 0.3) is 0 Å². The molecule has 3 amide bonds. The molecule has 1 N–H and O–H groups in total. The Balaban J connectivity index is 1.25. The lowest BCUT2D eigenvalue weighted by atomic mass is 10.0. The molecule has 1 aliphatic heterocycles. The molecule has 1 aliphatic rings. The minimum atomic E-state index is -4.77. The maximum absolute atomic E-state index is 12.7. The molecular weight excluding hydrogens is 569 g/mol. The maximum atomic E-state index is 12.7. The van der Waals surface area contributed by atoms with Crippen LogP contribution in [0, 0.1) is 0 Å². The number of halogens is 3. The third kappa shape index (κ3) is 6.79. The van der Waals surface area contributed by atoms with Gasteiger partial charge in [-0.25, -0.2) is 14.5 Å². The number of aromatic nitrogens is 3. The molecule has 1 saturated heterocycles. The smallest absolute Gasteiger partial charge is 0.406 e. The highest BCUT2D eigenvalue weighted by atomic mass is 32.2. The molecule has 1 aromatic heterocycles. The summed E-state index contributed by atoms with van der Waals surface area (Å²) in [5.74, 6) is 0.300. The van der Waals surface area contributed by atoms with Crippen molar-refractivity contribution in [1.29, 1.82) is 0 Å². The van der Waals surface area contributed by atoms with E-state index in [1.807, 2.05) is 50.2 Å². The number of para-hydroxylation sites is 1. The number of rotatable bonds is 7. The first-order valence-corrected chi connectivity index (χ1v) is 13.8. The second-order valence-electron chi connectivity index (χ2n) is 9.54. The molecule has 0 saturated carbocycles. The molecule has 3 aromatic carbocycles. The highest BCUT2D eigenvalue weighted by Gasteiger charge is 2.32. The van der Waals surface area contributed by atoms with Crippen molar-refractivity contribution in [1.82, 2.24) is 20.1 Å². The molecular formula is C29H25F3N6O3S. The number of aliphatic imine (C=N–C) groups is 1. The Morgan fingerprint density at radius 1 is 1.10 bits per heavy atom. The van der Waals surface area contributed by atoms with E-state index < -0.39 is 12.4 Å². The second kappa shape index (κ2) is 12.1. The van der Waals surface area contributed by atoms with E-state index in [-0.39, 0.29) is 29.9 Å². The van der Waals surface area contributed by atoms with E-state index in [0.717, 1.165) is 16.8 Å². The zero-order chi connectivity index (χ0) is 29.9. The molecule has 0 atom stereocenters. The fraction of sp³-hybridized carbons (Fsp3) is 0.207. The topological polar surface area (TPSA) is 102 Å². The first-order valence-electron chi connectivity index (χ1n) is 12.9. The standard InChI is InChI=1S/C29H25F3N6O3S/c1-18(2)23-8-3-4-9-24(23)38-25(39)16-42-28(38)35-27(40)33-15-19-6-5-7-20(14-19)26-34-17-37(36-26)21-10-12-22(13-11-21)41-29(30,31)32/h3-14,17-18H,15-16H2,1-2H3,(H,33,40). The summed E-state index contributed by atoms with van der Waals surface area (Å²) in [7, 11) is 0. The van der Waals surface area contributed by atoms with E-state index in [2.05, 4.69) is 25.1 Å². The van der Waals surface area contributed by atoms with Crippen molar-refractivity contribution in [3.63, 3.8) is 0 Å². The number of nitrogens with zero attached hydrogens (tertiary/aromatic N) is 5. The molecule has 42 heavy (non-hydrogen) atoms. The largest absolute Gasteiger partial charge is 0.573 e. The molecule has 0 aliphatic carbocycles. The van der Waals surface area contributed by atoms with E-state index >= 15 is 0 Å². The molecule has 0 radical (unpaired) electrons. The summed E-state index contributed by atoms with van der Waals surface area (Å²) in [6.07, 6.45) is -3.32. The van der Waals surface area contributed by atoms with Crippen LogP contribution in [-0.2, 0) is 11.3 Å². The monoisotopic (exact) mass is 594 g/mol. The number of anilines is 1. The molecule has 13 heteroatoms. The predicted octanol–water partition coefficient (Wildman–Crippen LogP) is 6.30. The predicted molar refractivity (Wildman–Crippen MR) is 154 cm³/mol.